The molecule has 1 amide bonds. The van der Waals surface area contributed by atoms with Crippen LogP contribution in [0.2, 0.25) is 0 Å². The summed E-state index contributed by atoms with van der Waals surface area (Å²) >= 11 is 3.52. The molecule has 3 rings (SSSR count). The summed E-state index contributed by atoms with van der Waals surface area (Å²) < 4.78 is 17.2. The first-order valence-corrected chi connectivity index (χ1v) is 7.88. The zero-order valence-corrected chi connectivity index (χ0v) is 14.3. The van der Waals surface area contributed by atoms with Crippen molar-refractivity contribution in [3.63, 3.8) is 0 Å². The van der Waals surface area contributed by atoms with E-state index >= 15 is 0 Å². The minimum Gasteiger partial charge on any atom is -0.356 e. The third-order valence-electron chi connectivity index (χ3n) is 4.14. The molecule has 2 aliphatic rings. The Kier molecular flexibility index (Phi) is 4.36. The van der Waals surface area contributed by atoms with Gasteiger partial charge in [-0.25, -0.2) is 0 Å². The predicted molar refractivity (Wildman–Crippen MR) is 86.3 cm³/mol. The van der Waals surface area contributed by atoms with Gasteiger partial charge >= 0.3 is 0 Å². The topological polar surface area (TPSA) is 56.8 Å². The largest absolute Gasteiger partial charge is 0.356 e. The van der Waals surface area contributed by atoms with E-state index in [0.29, 0.717) is 12.0 Å². The summed E-state index contributed by atoms with van der Waals surface area (Å²) in [7, 11) is 3.20. The van der Waals surface area contributed by atoms with Gasteiger partial charge in [-0.3, -0.25) is 4.79 Å². The van der Waals surface area contributed by atoms with Crippen molar-refractivity contribution in [3.8, 4) is 0 Å². The Morgan fingerprint density at radius 2 is 2.14 bits per heavy atom. The van der Waals surface area contributed by atoms with Crippen LogP contribution in [0.4, 0.5) is 5.69 Å². The van der Waals surface area contributed by atoms with Crippen LogP contribution in [0.5, 0.6) is 0 Å². The second-order valence-electron chi connectivity index (χ2n) is 5.43. The van der Waals surface area contributed by atoms with Crippen molar-refractivity contribution in [3.05, 3.63) is 33.8 Å². The van der Waals surface area contributed by atoms with Gasteiger partial charge < -0.3 is 19.5 Å². The van der Waals surface area contributed by atoms with Crippen molar-refractivity contribution in [2.45, 2.75) is 25.9 Å². The first-order chi connectivity index (χ1) is 10.5. The number of nitrogens with one attached hydrogen (secondary N) is 1. The van der Waals surface area contributed by atoms with Gasteiger partial charge in [0.1, 0.15) is 0 Å². The third-order valence-corrected chi connectivity index (χ3v) is 5.00. The van der Waals surface area contributed by atoms with Crippen LogP contribution in [0.1, 0.15) is 17.5 Å². The van der Waals surface area contributed by atoms with Crippen molar-refractivity contribution in [1.82, 2.24) is 0 Å². The molecule has 0 aromatic heterocycles. The molecule has 22 heavy (non-hydrogen) atoms. The maximum absolute atomic E-state index is 12.3. The van der Waals surface area contributed by atoms with E-state index in [0.717, 1.165) is 21.3 Å². The lowest BCUT2D eigenvalue weighted by Crippen LogP contribution is -2.18. The van der Waals surface area contributed by atoms with Crippen LogP contribution >= 0.6 is 15.9 Å². The number of amides is 1. The summed E-state index contributed by atoms with van der Waals surface area (Å²) in [5.74, 6) is -0.119. The van der Waals surface area contributed by atoms with Crippen LogP contribution in [0.15, 0.2) is 22.7 Å². The number of halogens is 1. The molecule has 1 N–H and O–H groups in total. The molecule has 1 fully saturated rings. The smallest absolute Gasteiger partial charge is 0.256 e. The van der Waals surface area contributed by atoms with E-state index in [1.807, 2.05) is 25.1 Å². The zero-order chi connectivity index (χ0) is 15.9. The van der Waals surface area contributed by atoms with E-state index in [1.165, 1.54) is 0 Å². The Morgan fingerprint density at radius 3 is 2.82 bits per heavy atom. The quantitative estimate of drug-likeness (QED) is 0.834. The maximum Gasteiger partial charge on any atom is 0.256 e. The summed E-state index contributed by atoms with van der Waals surface area (Å²) in [4.78, 5) is 12.3. The fraction of sp³-hybridized carbons (Fsp3) is 0.438. The van der Waals surface area contributed by atoms with Gasteiger partial charge in [-0.1, -0.05) is 22.0 Å². The second-order valence-corrected chi connectivity index (χ2v) is 6.29. The van der Waals surface area contributed by atoms with Crippen LogP contribution in [0.3, 0.4) is 0 Å². The Balaban J connectivity index is 1.99. The lowest BCUT2D eigenvalue weighted by Gasteiger charge is -2.14. The fourth-order valence-electron chi connectivity index (χ4n) is 2.98. The average molecular weight is 368 g/mol. The first kappa shape index (κ1) is 15.7. The van der Waals surface area contributed by atoms with Gasteiger partial charge in [-0.15, -0.1) is 0 Å². The Hall–Kier alpha value is -1.21. The van der Waals surface area contributed by atoms with Crippen molar-refractivity contribution in [2.24, 2.45) is 5.92 Å². The summed E-state index contributed by atoms with van der Waals surface area (Å²) in [5, 5.41) is 2.91. The monoisotopic (exact) mass is 367 g/mol. The van der Waals surface area contributed by atoms with Gasteiger partial charge in [0.25, 0.3) is 5.91 Å². The van der Waals surface area contributed by atoms with E-state index in [1.54, 1.807) is 14.2 Å². The van der Waals surface area contributed by atoms with Crippen LogP contribution in [-0.2, 0) is 19.0 Å². The Labute approximate surface area is 137 Å². The molecule has 118 valence electrons. The van der Waals surface area contributed by atoms with Crippen molar-refractivity contribution < 1.29 is 19.0 Å². The molecular formula is C16H18BrNO4. The zero-order valence-electron chi connectivity index (χ0n) is 12.7. The lowest BCUT2D eigenvalue weighted by atomic mass is 9.96. The highest BCUT2D eigenvalue weighted by Gasteiger charge is 2.36. The molecule has 6 heteroatoms. The molecule has 3 atom stereocenters. The number of ether oxygens (including phenoxy) is 3. The fourth-order valence-corrected chi connectivity index (χ4v) is 3.31. The number of fused-ring (bicyclic) bond motifs is 1. The molecule has 0 radical (unpaired) electrons. The molecule has 2 aliphatic heterocycles. The molecule has 3 unspecified atom stereocenters. The summed E-state index contributed by atoms with van der Waals surface area (Å²) in [6, 6.07) is 3.84. The number of benzene rings is 1. The van der Waals surface area contributed by atoms with Gasteiger partial charge in [0.2, 0.25) is 0 Å². The number of anilines is 1. The van der Waals surface area contributed by atoms with Gasteiger partial charge in [0.05, 0.1) is 0 Å². The van der Waals surface area contributed by atoms with Gasteiger partial charge in [0, 0.05) is 47.9 Å². The van der Waals surface area contributed by atoms with E-state index in [4.69, 9.17) is 14.2 Å². The van der Waals surface area contributed by atoms with Gasteiger partial charge in [0.15, 0.2) is 12.6 Å². The number of hydrogen-bond acceptors (Lipinski definition) is 4. The van der Waals surface area contributed by atoms with E-state index in [-0.39, 0.29) is 18.1 Å². The highest BCUT2D eigenvalue weighted by Crippen LogP contribution is 2.40. The molecule has 2 heterocycles. The van der Waals surface area contributed by atoms with Crippen LogP contribution in [0, 0.1) is 12.8 Å². The molecule has 5 nitrogen and oxygen atoms in total. The van der Waals surface area contributed by atoms with Gasteiger partial charge in [-0.05, 0) is 24.6 Å². The molecule has 1 aromatic rings. The molecule has 0 bridgehead atoms. The Bertz CT molecular complexity index is 643. The van der Waals surface area contributed by atoms with E-state index in [2.05, 4.69) is 21.2 Å². The third kappa shape index (κ3) is 2.60. The number of carbonyl (C=O) groups is 1. The van der Waals surface area contributed by atoms with Crippen molar-refractivity contribution in [2.75, 3.05) is 19.5 Å². The summed E-state index contributed by atoms with van der Waals surface area (Å²) in [6.07, 6.45) is 1.89. The SMILES string of the molecule is COC1CC(C=C2C(=O)Nc3ccc(Br)c(C)c32)C(OC)O1. The standard InChI is InChI=1S/C16H18BrNO4/c1-8-11(17)4-5-12-14(8)10(15(19)18-12)6-9-7-13(20-2)22-16(9)21-3/h4-6,9,13,16H,7H2,1-3H3,(H,18,19). The van der Waals surface area contributed by atoms with Crippen molar-refractivity contribution in [1.29, 1.82) is 0 Å². The summed E-state index contributed by atoms with van der Waals surface area (Å²) in [5.41, 5.74) is 3.49. The van der Waals surface area contributed by atoms with Crippen molar-refractivity contribution >= 4 is 33.1 Å². The summed E-state index contributed by atoms with van der Waals surface area (Å²) in [6.45, 7) is 1.99. The van der Waals surface area contributed by atoms with Crippen LogP contribution in [0.25, 0.3) is 5.57 Å². The molecule has 1 aromatic carbocycles. The lowest BCUT2D eigenvalue weighted by molar-refractivity contribution is -0.190. The molecule has 0 aliphatic carbocycles. The second kappa shape index (κ2) is 6.12. The van der Waals surface area contributed by atoms with E-state index in [9.17, 15) is 4.79 Å². The minimum atomic E-state index is -0.401. The first-order valence-electron chi connectivity index (χ1n) is 7.08. The minimum absolute atomic E-state index is 0.0277. The molecular weight excluding hydrogens is 350 g/mol. The highest BCUT2D eigenvalue weighted by atomic mass is 79.9. The Morgan fingerprint density at radius 1 is 1.36 bits per heavy atom. The van der Waals surface area contributed by atoms with Crippen LogP contribution < -0.4 is 5.32 Å². The van der Waals surface area contributed by atoms with Gasteiger partial charge in [-0.2, -0.15) is 0 Å². The van der Waals surface area contributed by atoms with E-state index < -0.39 is 6.29 Å². The normalized spacial score (nSPS) is 29.0. The number of carbonyl (C=O) groups excluding carboxylic acids is 1. The number of hydrogen-bond donors (Lipinski definition) is 1. The number of methoxy groups -OCH3 is 2. The average Bonchev–Trinajstić information content (AvgIpc) is 3.05. The predicted octanol–water partition coefficient (Wildman–Crippen LogP) is 3.07. The number of rotatable bonds is 3. The molecule has 0 spiro atoms. The molecule has 0 saturated carbocycles. The highest BCUT2D eigenvalue weighted by molar-refractivity contribution is 9.10. The maximum atomic E-state index is 12.3. The molecule has 1 saturated heterocycles. The van der Waals surface area contributed by atoms with Crippen LogP contribution in [-0.4, -0.2) is 32.7 Å².